The van der Waals surface area contributed by atoms with E-state index in [1.807, 2.05) is 13.1 Å². The van der Waals surface area contributed by atoms with Crippen molar-refractivity contribution in [2.45, 2.75) is 46.1 Å². The second-order valence-corrected chi connectivity index (χ2v) is 7.44. The molecule has 3 rings (SSSR count). The largest absolute Gasteiger partial charge is 0.316 e. The highest BCUT2D eigenvalue weighted by Gasteiger charge is 2.26. The van der Waals surface area contributed by atoms with Crippen molar-refractivity contribution in [2.24, 2.45) is 0 Å². The van der Waals surface area contributed by atoms with Crippen molar-refractivity contribution in [3.63, 3.8) is 0 Å². The molecule has 1 aliphatic heterocycles. The fraction of sp³-hybridized carbons (Fsp3) is 0.562. The van der Waals surface area contributed by atoms with Gasteiger partial charge in [-0.25, -0.2) is 15.0 Å². The minimum absolute atomic E-state index is 0.502. The van der Waals surface area contributed by atoms with Gasteiger partial charge in [-0.05, 0) is 40.7 Å². The molecule has 0 amide bonds. The van der Waals surface area contributed by atoms with Crippen molar-refractivity contribution in [3.05, 3.63) is 28.7 Å². The number of hydrogen-bond donors (Lipinski definition) is 1. The Morgan fingerprint density at radius 1 is 1.32 bits per heavy atom. The van der Waals surface area contributed by atoms with Crippen LogP contribution in [0.5, 0.6) is 0 Å². The summed E-state index contributed by atoms with van der Waals surface area (Å²) < 4.78 is 0. The zero-order chi connectivity index (χ0) is 15.7. The van der Waals surface area contributed by atoms with E-state index >= 15 is 0 Å². The second kappa shape index (κ2) is 6.30. The average Bonchev–Trinajstić information content (AvgIpc) is 3.07. The Hall–Kier alpha value is -1.53. The van der Waals surface area contributed by atoms with Gasteiger partial charge >= 0.3 is 0 Å². The Kier molecular flexibility index (Phi) is 4.40. The molecule has 5 nitrogen and oxygen atoms in total. The maximum absolute atomic E-state index is 4.66. The van der Waals surface area contributed by atoms with Gasteiger partial charge in [0, 0.05) is 35.6 Å². The summed E-state index contributed by atoms with van der Waals surface area (Å²) in [7, 11) is 0. The SMILES string of the molecule is Cc1nc(Nc2ncc(C)s2)cc(C2CCN(C(C)C)C2)n1. The van der Waals surface area contributed by atoms with Gasteiger partial charge in [-0.15, -0.1) is 11.3 Å². The Morgan fingerprint density at radius 2 is 2.14 bits per heavy atom. The van der Waals surface area contributed by atoms with Crippen LogP contribution < -0.4 is 5.32 Å². The number of likely N-dealkylation sites (tertiary alicyclic amines) is 1. The third-order valence-corrected chi connectivity index (χ3v) is 4.91. The average molecular weight is 317 g/mol. The first-order valence-corrected chi connectivity index (χ1v) is 8.62. The topological polar surface area (TPSA) is 53.9 Å². The number of thiazole rings is 1. The lowest BCUT2D eigenvalue weighted by atomic mass is 10.0. The number of nitrogens with zero attached hydrogens (tertiary/aromatic N) is 4. The van der Waals surface area contributed by atoms with Crippen molar-refractivity contribution in [3.8, 4) is 0 Å². The number of aryl methyl sites for hydroxylation is 2. The quantitative estimate of drug-likeness (QED) is 0.935. The van der Waals surface area contributed by atoms with Crippen LogP contribution in [0.25, 0.3) is 0 Å². The molecule has 2 aromatic rings. The van der Waals surface area contributed by atoms with Crippen LogP contribution in [-0.4, -0.2) is 39.0 Å². The van der Waals surface area contributed by atoms with Crippen LogP contribution in [0, 0.1) is 13.8 Å². The van der Waals surface area contributed by atoms with E-state index in [0.717, 1.165) is 35.6 Å². The van der Waals surface area contributed by atoms with E-state index in [1.165, 1.54) is 11.3 Å². The van der Waals surface area contributed by atoms with Gasteiger partial charge in [0.25, 0.3) is 0 Å². The summed E-state index contributed by atoms with van der Waals surface area (Å²) in [6, 6.07) is 2.68. The first-order valence-electron chi connectivity index (χ1n) is 7.80. The molecule has 1 atom stereocenters. The Labute approximate surface area is 135 Å². The van der Waals surface area contributed by atoms with E-state index in [4.69, 9.17) is 0 Å². The molecule has 1 saturated heterocycles. The predicted molar refractivity (Wildman–Crippen MR) is 91.0 cm³/mol. The van der Waals surface area contributed by atoms with Gasteiger partial charge in [0.1, 0.15) is 11.6 Å². The zero-order valence-corrected chi connectivity index (χ0v) is 14.4. The van der Waals surface area contributed by atoms with E-state index in [0.29, 0.717) is 12.0 Å². The molecule has 118 valence electrons. The molecular formula is C16H23N5S. The lowest BCUT2D eigenvalue weighted by molar-refractivity contribution is 0.272. The highest BCUT2D eigenvalue weighted by atomic mass is 32.1. The van der Waals surface area contributed by atoms with Gasteiger partial charge < -0.3 is 10.2 Å². The van der Waals surface area contributed by atoms with E-state index < -0.39 is 0 Å². The molecule has 1 aliphatic rings. The smallest absolute Gasteiger partial charge is 0.188 e. The molecule has 6 heteroatoms. The van der Waals surface area contributed by atoms with E-state index in [9.17, 15) is 0 Å². The third-order valence-electron chi connectivity index (χ3n) is 4.08. The number of hydrogen-bond acceptors (Lipinski definition) is 6. The minimum Gasteiger partial charge on any atom is -0.316 e. The van der Waals surface area contributed by atoms with Crippen molar-refractivity contribution < 1.29 is 0 Å². The third kappa shape index (κ3) is 3.44. The Bertz CT molecular complexity index is 652. The summed E-state index contributed by atoms with van der Waals surface area (Å²) in [5.41, 5.74) is 1.14. The molecule has 1 fully saturated rings. The zero-order valence-electron chi connectivity index (χ0n) is 13.6. The van der Waals surface area contributed by atoms with Crippen molar-refractivity contribution in [1.29, 1.82) is 0 Å². The van der Waals surface area contributed by atoms with Gasteiger partial charge in [0.15, 0.2) is 5.13 Å². The van der Waals surface area contributed by atoms with Crippen LogP contribution in [0.15, 0.2) is 12.3 Å². The number of nitrogens with one attached hydrogen (secondary N) is 1. The van der Waals surface area contributed by atoms with E-state index in [2.05, 4.69) is 52.0 Å². The Morgan fingerprint density at radius 3 is 2.77 bits per heavy atom. The number of anilines is 2. The van der Waals surface area contributed by atoms with Crippen molar-refractivity contribution in [1.82, 2.24) is 19.9 Å². The number of rotatable bonds is 4. The maximum atomic E-state index is 4.66. The van der Waals surface area contributed by atoms with Crippen LogP contribution >= 0.6 is 11.3 Å². The summed E-state index contributed by atoms with van der Waals surface area (Å²) in [6.45, 7) is 10.8. The molecule has 1 unspecified atom stereocenters. The lowest BCUT2D eigenvalue weighted by Gasteiger charge is -2.20. The van der Waals surface area contributed by atoms with E-state index in [-0.39, 0.29) is 0 Å². The second-order valence-electron chi connectivity index (χ2n) is 6.20. The monoisotopic (exact) mass is 317 g/mol. The van der Waals surface area contributed by atoms with Crippen LogP contribution in [0.4, 0.5) is 10.9 Å². The first-order chi connectivity index (χ1) is 10.5. The summed E-state index contributed by atoms with van der Waals surface area (Å²) in [4.78, 5) is 17.2. The highest BCUT2D eigenvalue weighted by molar-refractivity contribution is 7.15. The molecule has 0 aromatic carbocycles. The van der Waals surface area contributed by atoms with Crippen LogP contribution in [0.2, 0.25) is 0 Å². The fourth-order valence-electron chi connectivity index (χ4n) is 2.88. The van der Waals surface area contributed by atoms with Crippen LogP contribution in [-0.2, 0) is 0 Å². The maximum Gasteiger partial charge on any atom is 0.188 e. The molecular weight excluding hydrogens is 294 g/mol. The van der Waals surface area contributed by atoms with Gasteiger partial charge in [-0.3, -0.25) is 0 Å². The number of aromatic nitrogens is 3. The highest BCUT2D eigenvalue weighted by Crippen LogP contribution is 2.29. The lowest BCUT2D eigenvalue weighted by Crippen LogP contribution is -2.28. The Balaban J connectivity index is 1.78. The molecule has 0 spiro atoms. The molecule has 0 bridgehead atoms. The molecule has 0 radical (unpaired) electrons. The van der Waals surface area contributed by atoms with Crippen LogP contribution in [0.1, 0.15) is 42.6 Å². The predicted octanol–water partition coefficient (Wildman–Crippen LogP) is 3.49. The van der Waals surface area contributed by atoms with Gasteiger partial charge in [0.2, 0.25) is 0 Å². The standard InChI is InChI=1S/C16H23N5S/c1-10(2)21-6-5-13(9-21)14-7-15(19-12(4)18-14)20-16-17-8-11(3)22-16/h7-8,10,13H,5-6,9H2,1-4H3,(H,17,18,19,20). The molecule has 1 N–H and O–H groups in total. The summed E-state index contributed by atoms with van der Waals surface area (Å²) >= 11 is 1.64. The van der Waals surface area contributed by atoms with Crippen LogP contribution in [0.3, 0.4) is 0 Å². The molecule has 22 heavy (non-hydrogen) atoms. The molecule has 0 saturated carbocycles. The van der Waals surface area contributed by atoms with Gasteiger partial charge in [-0.2, -0.15) is 0 Å². The summed E-state index contributed by atoms with van der Waals surface area (Å²) in [5.74, 6) is 2.17. The van der Waals surface area contributed by atoms with Gasteiger partial charge in [0.05, 0.1) is 5.69 Å². The fourth-order valence-corrected chi connectivity index (χ4v) is 3.56. The van der Waals surface area contributed by atoms with Gasteiger partial charge in [-0.1, -0.05) is 0 Å². The summed E-state index contributed by atoms with van der Waals surface area (Å²) in [5, 5.41) is 4.19. The normalized spacial score (nSPS) is 19.0. The molecule has 0 aliphatic carbocycles. The van der Waals surface area contributed by atoms with E-state index in [1.54, 1.807) is 11.3 Å². The molecule has 2 aromatic heterocycles. The minimum atomic E-state index is 0.502. The summed E-state index contributed by atoms with van der Waals surface area (Å²) in [6.07, 6.45) is 3.05. The molecule has 3 heterocycles. The van der Waals surface area contributed by atoms with Crippen molar-refractivity contribution >= 4 is 22.3 Å². The van der Waals surface area contributed by atoms with Crippen molar-refractivity contribution in [2.75, 3.05) is 18.4 Å². The first kappa shape index (κ1) is 15.4.